The molecule has 0 spiro atoms. The van der Waals surface area contributed by atoms with Crippen LogP contribution in [0.1, 0.15) is 39.2 Å². The molecule has 0 saturated carbocycles. The van der Waals surface area contributed by atoms with Gasteiger partial charge >= 0.3 is 18.1 Å². The van der Waals surface area contributed by atoms with Gasteiger partial charge in [-0.2, -0.15) is 5.48 Å². The van der Waals surface area contributed by atoms with Crippen molar-refractivity contribution in [3.05, 3.63) is 29.8 Å². The Morgan fingerprint density at radius 2 is 1.88 bits per heavy atom. The Morgan fingerprint density at radius 1 is 1.21 bits per heavy atom. The standard InChI is InChI=1S/C21H30N6O6/c1-21(2,3)12-32-16(28)8-10-24-20(31)25-15-9-11-27(18(15)29)14-6-4-13(5-7-14)17(22)26-33-19(23)30/h4-7,15H,8-12H2,1-3H3,(H2,22,26)(H2,23,30)(H2,24,25,31)/t15-/m0/s1. The Bertz CT molecular complexity index is 896. The average Bonchev–Trinajstić information content (AvgIpc) is 3.10. The van der Waals surface area contributed by atoms with Crippen molar-refractivity contribution in [2.45, 2.75) is 39.7 Å². The summed E-state index contributed by atoms with van der Waals surface area (Å²) in [5, 5.41) is 12.9. The molecule has 12 heteroatoms. The number of esters is 1. The van der Waals surface area contributed by atoms with Crippen LogP contribution in [0.3, 0.4) is 0 Å². The molecule has 1 aromatic rings. The molecule has 33 heavy (non-hydrogen) atoms. The van der Waals surface area contributed by atoms with Crippen molar-refractivity contribution in [2.75, 3.05) is 24.6 Å². The van der Waals surface area contributed by atoms with Crippen LogP contribution in [0.2, 0.25) is 0 Å². The van der Waals surface area contributed by atoms with Gasteiger partial charge in [-0.3, -0.25) is 15.0 Å². The first-order valence-electron chi connectivity index (χ1n) is 10.4. The van der Waals surface area contributed by atoms with Gasteiger partial charge in [-0.25, -0.2) is 9.59 Å². The number of nitrogens with zero attached hydrogens (tertiary/aromatic N) is 1. The average molecular weight is 463 g/mol. The molecule has 0 bridgehead atoms. The van der Waals surface area contributed by atoms with Gasteiger partial charge in [0.2, 0.25) is 5.91 Å². The third-order valence-electron chi connectivity index (χ3n) is 4.51. The van der Waals surface area contributed by atoms with Crippen molar-refractivity contribution < 1.29 is 28.8 Å². The molecule has 12 nitrogen and oxygen atoms in total. The van der Waals surface area contributed by atoms with Crippen molar-refractivity contribution in [3.8, 4) is 0 Å². The van der Waals surface area contributed by atoms with Gasteiger partial charge in [0.15, 0.2) is 5.84 Å². The van der Waals surface area contributed by atoms with Crippen LogP contribution in [0.5, 0.6) is 0 Å². The first-order valence-corrected chi connectivity index (χ1v) is 10.4. The van der Waals surface area contributed by atoms with E-state index in [4.69, 9.17) is 15.9 Å². The monoisotopic (exact) mass is 462 g/mol. The largest absolute Gasteiger partial charge is 0.465 e. The van der Waals surface area contributed by atoms with Crippen LogP contribution < -0.4 is 26.7 Å². The number of hydrogen-bond acceptors (Lipinski definition) is 7. The second-order valence-corrected chi connectivity index (χ2v) is 8.65. The third kappa shape index (κ3) is 8.31. The summed E-state index contributed by atoms with van der Waals surface area (Å²) < 4.78 is 5.13. The summed E-state index contributed by atoms with van der Waals surface area (Å²) in [6.07, 6.45) is -0.609. The smallest absolute Gasteiger partial charge is 0.428 e. The third-order valence-corrected chi connectivity index (χ3v) is 4.51. The topological polar surface area (TPSA) is 176 Å². The summed E-state index contributed by atoms with van der Waals surface area (Å²) >= 11 is 0. The molecule has 1 aliphatic rings. The lowest BCUT2D eigenvalue weighted by atomic mass is 9.99. The molecule has 0 aromatic heterocycles. The number of primary amides is 1. The lowest BCUT2D eigenvalue weighted by Gasteiger charge is -2.18. The van der Waals surface area contributed by atoms with E-state index >= 15 is 0 Å². The van der Waals surface area contributed by atoms with Gasteiger partial charge < -0.3 is 30.8 Å². The fraction of sp³-hybridized carbons (Fsp3) is 0.476. The molecule has 0 aliphatic carbocycles. The molecule has 2 rings (SSSR count). The minimum Gasteiger partial charge on any atom is -0.465 e. The number of benzene rings is 1. The molecule has 1 atom stereocenters. The predicted molar refractivity (Wildman–Crippen MR) is 119 cm³/mol. The minimum absolute atomic E-state index is 0.0366. The summed E-state index contributed by atoms with van der Waals surface area (Å²) in [6, 6.07) is 5.20. The first-order chi connectivity index (χ1) is 15.5. The second kappa shape index (κ2) is 11.2. The zero-order valence-corrected chi connectivity index (χ0v) is 18.9. The molecule has 180 valence electrons. The Kier molecular flexibility index (Phi) is 8.60. The number of anilines is 1. The number of urea groups is 1. The van der Waals surface area contributed by atoms with Crippen molar-refractivity contribution in [1.29, 1.82) is 5.41 Å². The number of nitrogens with one attached hydrogen (secondary N) is 4. The van der Waals surface area contributed by atoms with E-state index in [-0.39, 0.29) is 30.1 Å². The van der Waals surface area contributed by atoms with Crippen LogP contribution in [0, 0.1) is 10.8 Å². The summed E-state index contributed by atoms with van der Waals surface area (Å²) in [5.74, 6) is -0.847. The molecule has 1 aliphatic heterocycles. The molecule has 1 heterocycles. The zero-order chi connectivity index (χ0) is 24.6. The van der Waals surface area contributed by atoms with Gasteiger partial charge in [0.25, 0.3) is 0 Å². The Balaban J connectivity index is 1.78. The SMILES string of the molecule is CC(C)(C)COC(=O)CCNC(=O)N[C@H]1CCN(c2ccc(C(=N)NOC(N)=O)cc2)C1=O. The highest BCUT2D eigenvalue weighted by Crippen LogP contribution is 2.22. The Hall–Kier alpha value is -3.83. The molecule has 1 fully saturated rings. The van der Waals surface area contributed by atoms with Gasteiger partial charge in [-0.15, -0.1) is 0 Å². The molecule has 1 saturated heterocycles. The molecular formula is C21H30N6O6. The second-order valence-electron chi connectivity index (χ2n) is 8.65. The highest BCUT2D eigenvalue weighted by Gasteiger charge is 2.33. The number of carbonyl (C=O) groups is 4. The van der Waals surface area contributed by atoms with Crippen molar-refractivity contribution in [2.24, 2.45) is 11.1 Å². The van der Waals surface area contributed by atoms with Gasteiger partial charge in [0.05, 0.1) is 13.0 Å². The maximum absolute atomic E-state index is 12.7. The molecular weight excluding hydrogens is 432 g/mol. The van der Waals surface area contributed by atoms with Crippen LogP contribution in [0.4, 0.5) is 15.3 Å². The molecule has 0 radical (unpaired) electrons. The fourth-order valence-electron chi connectivity index (χ4n) is 2.90. The quantitative estimate of drug-likeness (QED) is 0.174. The van der Waals surface area contributed by atoms with Gasteiger partial charge in [0, 0.05) is 24.3 Å². The number of amidine groups is 1. The fourth-order valence-corrected chi connectivity index (χ4v) is 2.90. The van der Waals surface area contributed by atoms with E-state index in [0.29, 0.717) is 30.8 Å². The molecule has 6 N–H and O–H groups in total. The van der Waals surface area contributed by atoms with Crippen molar-refractivity contribution in [3.63, 3.8) is 0 Å². The van der Waals surface area contributed by atoms with Gasteiger partial charge in [-0.1, -0.05) is 20.8 Å². The maximum atomic E-state index is 12.7. The van der Waals surface area contributed by atoms with Crippen molar-refractivity contribution >= 4 is 35.5 Å². The maximum Gasteiger partial charge on any atom is 0.428 e. The Labute approximate surface area is 191 Å². The van der Waals surface area contributed by atoms with Crippen LogP contribution in [-0.4, -0.2) is 55.6 Å². The molecule has 1 aromatic carbocycles. The van der Waals surface area contributed by atoms with Crippen LogP contribution in [0.15, 0.2) is 24.3 Å². The number of hydrogen-bond donors (Lipinski definition) is 5. The summed E-state index contributed by atoms with van der Waals surface area (Å²) in [4.78, 5) is 52.9. The normalized spacial score (nSPS) is 15.5. The van der Waals surface area contributed by atoms with E-state index in [2.05, 4.69) is 21.0 Å². The lowest BCUT2D eigenvalue weighted by molar-refractivity contribution is -0.146. The molecule has 0 unspecified atom stereocenters. The molecule has 4 amide bonds. The van der Waals surface area contributed by atoms with Crippen LogP contribution >= 0.6 is 0 Å². The van der Waals surface area contributed by atoms with E-state index in [0.717, 1.165) is 0 Å². The van der Waals surface area contributed by atoms with E-state index in [1.807, 2.05) is 20.8 Å². The lowest BCUT2D eigenvalue weighted by Crippen LogP contribution is -2.46. The summed E-state index contributed by atoms with van der Waals surface area (Å²) in [5.41, 5.74) is 7.82. The summed E-state index contributed by atoms with van der Waals surface area (Å²) in [6.45, 7) is 6.65. The van der Waals surface area contributed by atoms with E-state index in [9.17, 15) is 19.2 Å². The zero-order valence-electron chi connectivity index (χ0n) is 18.9. The van der Waals surface area contributed by atoms with Crippen LogP contribution in [0.25, 0.3) is 0 Å². The predicted octanol–water partition coefficient (Wildman–Crippen LogP) is 0.996. The number of carbonyl (C=O) groups excluding carboxylic acids is 4. The highest BCUT2D eigenvalue weighted by atomic mass is 16.7. The number of nitrogens with two attached hydrogens (primary N) is 1. The van der Waals surface area contributed by atoms with Crippen molar-refractivity contribution in [1.82, 2.24) is 16.1 Å². The number of amides is 4. The summed E-state index contributed by atoms with van der Waals surface area (Å²) in [7, 11) is 0. The van der Waals surface area contributed by atoms with E-state index in [1.165, 1.54) is 4.90 Å². The first kappa shape index (κ1) is 25.4. The van der Waals surface area contributed by atoms with Crippen LogP contribution in [-0.2, 0) is 19.2 Å². The minimum atomic E-state index is -1.07. The number of rotatable bonds is 7. The number of ether oxygens (including phenoxy) is 1. The highest BCUT2D eigenvalue weighted by molar-refractivity contribution is 6.02. The van der Waals surface area contributed by atoms with Gasteiger partial charge in [0.1, 0.15) is 6.04 Å². The number of hydroxylamine groups is 1. The Morgan fingerprint density at radius 3 is 2.48 bits per heavy atom. The van der Waals surface area contributed by atoms with E-state index in [1.54, 1.807) is 24.3 Å². The van der Waals surface area contributed by atoms with Gasteiger partial charge in [-0.05, 0) is 36.1 Å². The van der Waals surface area contributed by atoms with E-state index < -0.39 is 24.1 Å².